The van der Waals surface area contributed by atoms with Gasteiger partial charge in [0.25, 0.3) is 5.22 Å². The van der Waals surface area contributed by atoms with E-state index in [1.807, 2.05) is 6.07 Å². The highest BCUT2D eigenvalue weighted by molar-refractivity contribution is 7.99. The Morgan fingerprint density at radius 1 is 1.30 bits per heavy atom. The van der Waals surface area contributed by atoms with Crippen LogP contribution in [-0.4, -0.2) is 22.1 Å². The summed E-state index contributed by atoms with van der Waals surface area (Å²) in [6.45, 7) is -1.15. The maximum absolute atomic E-state index is 12.0. The molecule has 2 rings (SSSR count). The molecule has 0 aliphatic rings. The molecule has 0 radical (unpaired) electrons. The van der Waals surface area contributed by atoms with Crippen LogP contribution in [0.4, 0.5) is 8.78 Å². The number of aromatic nitrogens is 2. The van der Waals surface area contributed by atoms with Crippen molar-refractivity contribution in [2.45, 2.75) is 24.0 Å². The van der Waals surface area contributed by atoms with Crippen molar-refractivity contribution in [1.82, 2.24) is 10.2 Å². The van der Waals surface area contributed by atoms with Gasteiger partial charge in [-0.1, -0.05) is 0 Å². The lowest BCUT2D eigenvalue weighted by molar-refractivity contribution is -0.0498. The molecule has 1 unspecified atom stereocenters. The molecule has 0 saturated carbocycles. The van der Waals surface area contributed by atoms with Gasteiger partial charge < -0.3 is 9.15 Å². The third kappa shape index (κ3) is 3.68. The van der Waals surface area contributed by atoms with Crippen molar-refractivity contribution >= 4 is 11.8 Å². The van der Waals surface area contributed by atoms with Gasteiger partial charge in [-0.05, 0) is 43.0 Å². The van der Waals surface area contributed by atoms with E-state index in [0.29, 0.717) is 5.56 Å². The van der Waals surface area contributed by atoms with Gasteiger partial charge in [0.2, 0.25) is 5.89 Å². The predicted molar refractivity (Wildman–Crippen MR) is 67.3 cm³/mol. The summed E-state index contributed by atoms with van der Waals surface area (Å²) in [5.41, 5.74) is 0.579. The van der Waals surface area contributed by atoms with Crippen LogP contribution in [0, 0.1) is 11.3 Å². The average molecular weight is 297 g/mol. The number of nitrogens with zero attached hydrogens (tertiary/aromatic N) is 3. The summed E-state index contributed by atoms with van der Waals surface area (Å²) in [7, 11) is 0. The Balaban J connectivity index is 2.10. The lowest BCUT2D eigenvalue weighted by Gasteiger charge is -2.03. The third-order valence-corrected chi connectivity index (χ3v) is 3.02. The van der Waals surface area contributed by atoms with Gasteiger partial charge in [-0.15, -0.1) is 10.2 Å². The highest BCUT2D eigenvalue weighted by atomic mass is 32.2. The molecule has 20 heavy (non-hydrogen) atoms. The number of alkyl halides is 2. The molecule has 1 aromatic heterocycles. The van der Waals surface area contributed by atoms with E-state index in [4.69, 9.17) is 9.68 Å². The molecule has 0 amide bonds. The summed E-state index contributed by atoms with van der Waals surface area (Å²) >= 11 is 1.15. The summed E-state index contributed by atoms with van der Waals surface area (Å²) < 4.78 is 33.6. The first-order valence-electron chi connectivity index (χ1n) is 5.53. The first kappa shape index (κ1) is 14.3. The van der Waals surface area contributed by atoms with Crippen LogP contribution < -0.4 is 4.74 Å². The van der Waals surface area contributed by atoms with Crippen molar-refractivity contribution in [3.05, 3.63) is 24.3 Å². The molecule has 0 aliphatic carbocycles. The Labute approximate surface area is 117 Å². The molecule has 0 N–H and O–H groups in total. The molecule has 1 atom stereocenters. The Morgan fingerprint density at radius 2 is 2.00 bits per heavy atom. The van der Waals surface area contributed by atoms with Gasteiger partial charge in [0.15, 0.2) is 0 Å². The number of ether oxygens (including phenoxy) is 1. The minimum absolute atomic E-state index is 0.0518. The largest absolute Gasteiger partial charge is 0.435 e. The van der Waals surface area contributed by atoms with Crippen LogP contribution in [0.1, 0.15) is 6.92 Å². The SMILES string of the molecule is CC(C#N)Sc1nnc(-c2ccc(OC(F)F)cc2)o1. The number of hydrogen-bond donors (Lipinski definition) is 0. The Bertz CT molecular complexity index is 610. The molecule has 0 spiro atoms. The first-order valence-corrected chi connectivity index (χ1v) is 6.41. The molecule has 1 aromatic carbocycles. The molecule has 1 heterocycles. The molecule has 5 nitrogen and oxygen atoms in total. The Hall–Kier alpha value is -2.14. The zero-order valence-electron chi connectivity index (χ0n) is 10.3. The van der Waals surface area contributed by atoms with Gasteiger partial charge in [-0.2, -0.15) is 14.0 Å². The second kappa shape index (κ2) is 6.34. The smallest absolute Gasteiger partial charge is 0.387 e. The third-order valence-electron chi connectivity index (χ3n) is 2.19. The van der Waals surface area contributed by atoms with E-state index in [-0.39, 0.29) is 22.1 Å². The van der Waals surface area contributed by atoms with Crippen LogP contribution in [0.2, 0.25) is 0 Å². The maximum Gasteiger partial charge on any atom is 0.387 e. The standard InChI is InChI=1S/C12H9F2N3O2S/c1-7(6-15)20-12-17-16-10(19-12)8-2-4-9(5-3-8)18-11(13)14/h2-5,7,11H,1H3. The summed E-state index contributed by atoms with van der Waals surface area (Å²) in [4.78, 5) is 0. The van der Waals surface area contributed by atoms with Crippen molar-refractivity contribution < 1.29 is 17.9 Å². The number of thioether (sulfide) groups is 1. The average Bonchev–Trinajstić information content (AvgIpc) is 2.87. The fraction of sp³-hybridized carbons (Fsp3) is 0.250. The molecule has 8 heteroatoms. The van der Waals surface area contributed by atoms with Gasteiger partial charge in [-0.25, -0.2) is 0 Å². The van der Waals surface area contributed by atoms with Crippen LogP contribution >= 0.6 is 11.8 Å². The van der Waals surface area contributed by atoms with Gasteiger partial charge >= 0.3 is 6.61 Å². The number of halogens is 2. The fourth-order valence-electron chi connectivity index (χ4n) is 1.33. The van der Waals surface area contributed by atoms with E-state index in [2.05, 4.69) is 14.9 Å². The van der Waals surface area contributed by atoms with Gasteiger partial charge in [0.1, 0.15) is 5.75 Å². The predicted octanol–water partition coefficient (Wildman–Crippen LogP) is 3.34. The van der Waals surface area contributed by atoms with Crippen LogP contribution in [0.3, 0.4) is 0 Å². The number of nitriles is 1. The van der Waals surface area contributed by atoms with Crippen LogP contribution in [0.25, 0.3) is 11.5 Å². The molecule has 0 saturated heterocycles. The van der Waals surface area contributed by atoms with Gasteiger partial charge in [0.05, 0.1) is 11.3 Å². The lowest BCUT2D eigenvalue weighted by Crippen LogP contribution is -2.01. The second-order valence-corrected chi connectivity index (χ2v) is 4.96. The molecule has 104 valence electrons. The minimum atomic E-state index is -2.86. The zero-order valence-corrected chi connectivity index (χ0v) is 11.1. The van der Waals surface area contributed by atoms with Crippen LogP contribution in [-0.2, 0) is 0 Å². The van der Waals surface area contributed by atoms with E-state index in [9.17, 15) is 8.78 Å². The van der Waals surface area contributed by atoms with Crippen molar-refractivity contribution in [3.8, 4) is 23.3 Å². The van der Waals surface area contributed by atoms with Crippen LogP contribution in [0.15, 0.2) is 33.9 Å². The Kier molecular flexibility index (Phi) is 4.53. The Morgan fingerprint density at radius 3 is 2.60 bits per heavy atom. The minimum Gasteiger partial charge on any atom is -0.435 e. The van der Waals surface area contributed by atoms with Crippen molar-refractivity contribution in [2.75, 3.05) is 0 Å². The highest BCUT2D eigenvalue weighted by Crippen LogP contribution is 2.27. The number of benzene rings is 1. The van der Waals surface area contributed by atoms with E-state index in [1.54, 1.807) is 6.92 Å². The van der Waals surface area contributed by atoms with Crippen molar-refractivity contribution in [3.63, 3.8) is 0 Å². The molecule has 0 aliphatic heterocycles. The molecule has 0 fully saturated rings. The topological polar surface area (TPSA) is 71.9 Å². The summed E-state index contributed by atoms with van der Waals surface area (Å²) in [6.07, 6.45) is 0. The first-order chi connectivity index (χ1) is 9.58. The van der Waals surface area contributed by atoms with E-state index < -0.39 is 6.61 Å². The lowest BCUT2D eigenvalue weighted by atomic mass is 10.2. The van der Waals surface area contributed by atoms with E-state index in [0.717, 1.165) is 11.8 Å². The monoisotopic (exact) mass is 297 g/mol. The number of hydrogen-bond acceptors (Lipinski definition) is 6. The summed E-state index contributed by atoms with van der Waals surface area (Å²) in [5, 5.41) is 16.3. The highest BCUT2D eigenvalue weighted by Gasteiger charge is 2.12. The van der Waals surface area contributed by atoms with Gasteiger partial charge in [0, 0.05) is 5.56 Å². The summed E-state index contributed by atoms with van der Waals surface area (Å²) in [6, 6.07) is 7.88. The number of rotatable bonds is 5. The van der Waals surface area contributed by atoms with Gasteiger partial charge in [-0.3, -0.25) is 0 Å². The van der Waals surface area contributed by atoms with E-state index >= 15 is 0 Å². The quantitative estimate of drug-likeness (QED) is 0.788. The second-order valence-electron chi connectivity index (χ2n) is 3.67. The molecular weight excluding hydrogens is 288 g/mol. The zero-order chi connectivity index (χ0) is 14.5. The molecular formula is C12H9F2N3O2S. The normalized spacial score (nSPS) is 12.2. The molecule has 2 aromatic rings. The van der Waals surface area contributed by atoms with E-state index in [1.165, 1.54) is 24.3 Å². The van der Waals surface area contributed by atoms with Crippen LogP contribution in [0.5, 0.6) is 5.75 Å². The van der Waals surface area contributed by atoms with Crippen molar-refractivity contribution in [2.24, 2.45) is 0 Å². The maximum atomic E-state index is 12.0. The molecule has 0 bridgehead atoms. The summed E-state index contributed by atoms with van der Waals surface area (Å²) in [5.74, 6) is 0.303. The van der Waals surface area contributed by atoms with Crippen molar-refractivity contribution in [1.29, 1.82) is 5.26 Å². The fourth-order valence-corrected chi connectivity index (χ4v) is 1.90.